The first-order chi connectivity index (χ1) is 18.3. The maximum absolute atomic E-state index is 14.5. The first-order valence-electron chi connectivity index (χ1n) is 12.2. The number of thiazole rings is 1. The minimum atomic E-state index is -0.839. The number of pyridine rings is 1. The molecule has 1 fully saturated rings. The Labute approximate surface area is 227 Å². The number of rotatable bonds is 6. The minimum absolute atomic E-state index is 0.145. The lowest BCUT2D eigenvalue weighted by Crippen LogP contribution is -2.35. The Bertz CT molecular complexity index is 1560. The molecule has 4 heterocycles. The molecular formula is C27H25ClFN5O3S. The molecule has 1 N–H and O–H groups in total. The van der Waals surface area contributed by atoms with Crippen molar-refractivity contribution < 1.29 is 14.3 Å². The second-order valence-corrected chi connectivity index (χ2v) is 10.5. The molecule has 1 aromatic carbocycles. The van der Waals surface area contributed by atoms with Gasteiger partial charge in [-0.3, -0.25) is 19.1 Å². The largest absolute Gasteiger partial charge is 0.494 e. The van der Waals surface area contributed by atoms with E-state index in [9.17, 15) is 19.1 Å². The van der Waals surface area contributed by atoms with Crippen molar-refractivity contribution >= 4 is 28.8 Å². The van der Waals surface area contributed by atoms with Gasteiger partial charge in [-0.25, -0.2) is 9.37 Å². The summed E-state index contributed by atoms with van der Waals surface area (Å²) in [5.74, 6) is -1.83. The summed E-state index contributed by atoms with van der Waals surface area (Å²) in [5, 5.41) is 14.0. The van der Waals surface area contributed by atoms with Crippen LogP contribution in [0.15, 0.2) is 52.8 Å². The standard InChI is InChI=1S/C27H25ClFN5O3S/c1-3-20(16-7-5-4-6-8-16)34-23(25-31-15(2)14-38-25)32-24(35)21(27(34)37)26(36)33-10-9-17(13-33)22-19(29)11-18(28)12-30-22/h4-8,11-12,14,17,20,37H,3,9-10,13H2,1-2H3/t17?,20-/m0/s1. The lowest BCUT2D eigenvalue weighted by Gasteiger charge is -2.25. The van der Waals surface area contributed by atoms with E-state index < -0.39 is 34.8 Å². The second kappa shape index (κ2) is 10.6. The zero-order chi connectivity index (χ0) is 27.0. The van der Waals surface area contributed by atoms with Gasteiger partial charge in [0.25, 0.3) is 11.5 Å². The number of amides is 1. The normalized spacial score (nSPS) is 16.1. The Morgan fingerprint density at radius 1 is 1.29 bits per heavy atom. The van der Waals surface area contributed by atoms with Crippen molar-refractivity contribution in [3.05, 3.63) is 91.7 Å². The van der Waals surface area contributed by atoms with Gasteiger partial charge in [-0.05, 0) is 31.4 Å². The molecule has 1 unspecified atom stereocenters. The summed E-state index contributed by atoms with van der Waals surface area (Å²) in [7, 11) is 0. The number of aromatic hydroxyl groups is 1. The van der Waals surface area contributed by atoms with Crippen LogP contribution in [0.3, 0.4) is 0 Å². The van der Waals surface area contributed by atoms with Crippen LogP contribution in [0.2, 0.25) is 5.02 Å². The van der Waals surface area contributed by atoms with E-state index in [1.807, 2.05) is 49.6 Å². The number of hydrogen-bond acceptors (Lipinski definition) is 7. The van der Waals surface area contributed by atoms with Crippen molar-refractivity contribution in [1.82, 2.24) is 24.4 Å². The number of hydrogen-bond donors (Lipinski definition) is 1. The first kappa shape index (κ1) is 26.0. The molecule has 38 heavy (non-hydrogen) atoms. The van der Waals surface area contributed by atoms with Crippen molar-refractivity contribution in [2.45, 2.75) is 38.6 Å². The average molecular weight is 554 g/mol. The monoisotopic (exact) mass is 553 g/mol. The van der Waals surface area contributed by atoms with Crippen LogP contribution in [0.5, 0.6) is 5.88 Å². The number of benzene rings is 1. The van der Waals surface area contributed by atoms with E-state index in [-0.39, 0.29) is 35.5 Å². The summed E-state index contributed by atoms with van der Waals surface area (Å²) < 4.78 is 16.0. The smallest absolute Gasteiger partial charge is 0.290 e. The SMILES string of the molecule is CC[C@@H](c1ccccc1)n1c(-c2nc(C)cs2)nc(=O)c(C(=O)N2CCC(c3ncc(Cl)cc3F)C2)c1O. The second-order valence-electron chi connectivity index (χ2n) is 9.20. The van der Waals surface area contributed by atoms with Gasteiger partial charge in [0.2, 0.25) is 5.88 Å². The molecule has 1 aliphatic rings. The Morgan fingerprint density at radius 2 is 2.05 bits per heavy atom. The van der Waals surface area contributed by atoms with Crippen molar-refractivity contribution in [3.8, 4) is 16.7 Å². The van der Waals surface area contributed by atoms with Gasteiger partial charge in [0.05, 0.1) is 16.8 Å². The topological polar surface area (TPSA) is 101 Å². The van der Waals surface area contributed by atoms with Crippen LogP contribution in [0.25, 0.3) is 10.8 Å². The number of carbonyl (C=O) groups is 1. The summed E-state index contributed by atoms with van der Waals surface area (Å²) in [6.45, 7) is 4.20. The zero-order valence-electron chi connectivity index (χ0n) is 20.8. The van der Waals surface area contributed by atoms with Crippen molar-refractivity contribution in [2.75, 3.05) is 13.1 Å². The van der Waals surface area contributed by atoms with Crippen LogP contribution < -0.4 is 5.56 Å². The molecule has 0 spiro atoms. The maximum atomic E-state index is 14.5. The van der Waals surface area contributed by atoms with Crippen LogP contribution >= 0.6 is 22.9 Å². The molecule has 11 heteroatoms. The Balaban J connectivity index is 1.57. The number of aryl methyl sites for hydroxylation is 1. The average Bonchev–Trinajstić information content (AvgIpc) is 3.56. The summed E-state index contributed by atoms with van der Waals surface area (Å²) in [6, 6.07) is 10.3. The third kappa shape index (κ3) is 4.81. The lowest BCUT2D eigenvalue weighted by molar-refractivity contribution is 0.0783. The van der Waals surface area contributed by atoms with Crippen LogP contribution in [0.4, 0.5) is 4.39 Å². The quantitative estimate of drug-likeness (QED) is 0.352. The van der Waals surface area contributed by atoms with E-state index in [0.717, 1.165) is 11.3 Å². The Morgan fingerprint density at radius 3 is 2.71 bits per heavy atom. The molecule has 0 saturated carbocycles. The van der Waals surface area contributed by atoms with Crippen molar-refractivity contribution in [3.63, 3.8) is 0 Å². The Kier molecular flexibility index (Phi) is 7.27. The van der Waals surface area contributed by atoms with E-state index in [4.69, 9.17) is 11.6 Å². The van der Waals surface area contributed by atoms with E-state index >= 15 is 0 Å². The molecule has 5 rings (SSSR count). The molecule has 1 saturated heterocycles. The summed E-state index contributed by atoms with van der Waals surface area (Å²) in [6.07, 6.45) is 2.38. The van der Waals surface area contributed by atoms with Gasteiger partial charge >= 0.3 is 0 Å². The van der Waals surface area contributed by atoms with E-state index in [1.165, 1.54) is 33.1 Å². The van der Waals surface area contributed by atoms with Crippen LogP contribution in [0, 0.1) is 12.7 Å². The van der Waals surface area contributed by atoms with Gasteiger partial charge in [-0.15, -0.1) is 11.3 Å². The van der Waals surface area contributed by atoms with E-state index in [0.29, 0.717) is 17.8 Å². The van der Waals surface area contributed by atoms with Gasteiger partial charge < -0.3 is 10.0 Å². The summed E-state index contributed by atoms with van der Waals surface area (Å²) >= 11 is 7.14. The van der Waals surface area contributed by atoms with E-state index in [1.54, 1.807) is 0 Å². The van der Waals surface area contributed by atoms with Gasteiger partial charge in [0, 0.05) is 36.3 Å². The maximum Gasteiger partial charge on any atom is 0.290 e. The number of likely N-dealkylation sites (tertiary alicyclic amines) is 1. The Hall–Kier alpha value is -3.63. The molecule has 3 aromatic heterocycles. The predicted molar refractivity (Wildman–Crippen MR) is 143 cm³/mol. The number of halogens is 2. The van der Waals surface area contributed by atoms with Crippen LogP contribution in [-0.4, -0.2) is 48.5 Å². The predicted octanol–water partition coefficient (Wildman–Crippen LogP) is 5.20. The van der Waals surface area contributed by atoms with Gasteiger partial charge in [0.15, 0.2) is 16.4 Å². The highest BCUT2D eigenvalue weighted by Crippen LogP contribution is 2.35. The zero-order valence-corrected chi connectivity index (χ0v) is 22.3. The molecule has 0 aliphatic carbocycles. The summed E-state index contributed by atoms with van der Waals surface area (Å²) in [4.78, 5) is 41.2. The molecule has 0 bridgehead atoms. The summed E-state index contributed by atoms with van der Waals surface area (Å²) in [5.41, 5.74) is 0.600. The minimum Gasteiger partial charge on any atom is -0.494 e. The molecule has 2 atom stereocenters. The fourth-order valence-electron chi connectivity index (χ4n) is 4.91. The molecule has 1 amide bonds. The van der Waals surface area contributed by atoms with Crippen molar-refractivity contribution in [1.29, 1.82) is 0 Å². The molecule has 8 nitrogen and oxygen atoms in total. The van der Waals surface area contributed by atoms with Gasteiger partial charge in [0.1, 0.15) is 5.82 Å². The highest BCUT2D eigenvalue weighted by molar-refractivity contribution is 7.13. The van der Waals surface area contributed by atoms with E-state index in [2.05, 4.69) is 15.0 Å². The van der Waals surface area contributed by atoms with Crippen LogP contribution in [-0.2, 0) is 0 Å². The fraction of sp³-hybridized carbons (Fsp3) is 0.296. The molecule has 1 aliphatic heterocycles. The van der Waals surface area contributed by atoms with Gasteiger partial charge in [-0.1, -0.05) is 48.9 Å². The molecule has 0 radical (unpaired) electrons. The fourth-order valence-corrected chi connectivity index (χ4v) is 5.83. The van der Waals surface area contributed by atoms with Gasteiger partial charge in [-0.2, -0.15) is 4.98 Å². The van der Waals surface area contributed by atoms with Crippen LogP contribution in [0.1, 0.15) is 59.0 Å². The number of carbonyl (C=O) groups excluding carboxylic acids is 1. The third-order valence-corrected chi connectivity index (χ3v) is 7.87. The highest BCUT2D eigenvalue weighted by Gasteiger charge is 2.35. The first-order valence-corrected chi connectivity index (χ1v) is 13.5. The number of aromatic nitrogens is 4. The molecule has 4 aromatic rings. The third-order valence-electron chi connectivity index (χ3n) is 6.71. The van der Waals surface area contributed by atoms with Crippen molar-refractivity contribution in [2.24, 2.45) is 0 Å². The molecular weight excluding hydrogens is 529 g/mol. The number of nitrogens with zero attached hydrogens (tertiary/aromatic N) is 5. The highest BCUT2D eigenvalue weighted by atomic mass is 35.5. The lowest BCUT2D eigenvalue weighted by atomic mass is 10.0. The molecule has 196 valence electrons.